The summed E-state index contributed by atoms with van der Waals surface area (Å²) in [6.07, 6.45) is 3.16. The summed E-state index contributed by atoms with van der Waals surface area (Å²) in [6, 6.07) is 0.624. The highest BCUT2D eigenvalue weighted by Crippen LogP contribution is 2.28. The summed E-state index contributed by atoms with van der Waals surface area (Å²) in [7, 11) is 4.25. The smallest absolute Gasteiger partial charge is 0.0616 e. The molecule has 1 N–H and O–H groups in total. The first-order valence-corrected chi connectivity index (χ1v) is 7.43. The zero-order valence-electron chi connectivity index (χ0n) is 13.1. The lowest BCUT2D eigenvalue weighted by Gasteiger charge is -2.39. The molecule has 1 saturated heterocycles. The van der Waals surface area contributed by atoms with Gasteiger partial charge in [-0.25, -0.2) is 0 Å². The van der Waals surface area contributed by atoms with E-state index in [4.69, 9.17) is 4.74 Å². The lowest BCUT2D eigenvalue weighted by atomic mass is 9.88. The molecular formula is C15H32N2O. The molecule has 108 valence electrons. The Kier molecular flexibility index (Phi) is 6.61. The number of rotatable bonds is 6. The molecule has 0 amide bonds. The molecule has 0 radical (unpaired) electrons. The highest BCUT2D eigenvalue weighted by atomic mass is 16.5. The van der Waals surface area contributed by atoms with Gasteiger partial charge in [0.2, 0.25) is 0 Å². The van der Waals surface area contributed by atoms with Crippen molar-refractivity contribution in [3.63, 3.8) is 0 Å². The van der Waals surface area contributed by atoms with Gasteiger partial charge in [-0.1, -0.05) is 27.7 Å². The van der Waals surface area contributed by atoms with E-state index in [2.05, 4.69) is 52.0 Å². The van der Waals surface area contributed by atoms with Crippen molar-refractivity contribution in [2.75, 3.05) is 27.2 Å². The van der Waals surface area contributed by atoms with Crippen LogP contribution in [0.15, 0.2) is 0 Å². The molecule has 0 unspecified atom stereocenters. The maximum absolute atomic E-state index is 6.22. The number of hydrogen-bond donors (Lipinski definition) is 1. The fourth-order valence-electron chi connectivity index (χ4n) is 2.51. The topological polar surface area (TPSA) is 24.5 Å². The summed E-state index contributed by atoms with van der Waals surface area (Å²) in [6.45, 7) is 11.3. The van der Waals surface area contributed by atoms with Crippen molar-refractivity contribution in [2.24, 2.45) is 11.8 Å². The molecule has 1 fully saturated rings. The maximum atomic E-state index is 6.22. The Morgan fingerprint density at radius 1 is 1.06 bits per heavy atom. The minimum atomic E-state index is 0.419. The van der Waals surface area contributed by atoms with Crippen molar-refractivity contribution >= 4 is 0 Å². The molecule has 0 aromatic carbocycles. The van der Waals surface area contributed by atoms with Gasteiger partial charge < -0.3 is 15.0 Å². The Morgan fingerprint density at radius 2 is 1.56 bits per heavy atom. The molecule has 0 bridgehead atoms. The fourth-order valence-corrected chi connectivity index (χ4v) is 2.51. The Labute approximate surface area is 113 Å². The lowest BCUT2D eigenvalue weighted by Crippen LogP contribution is -2.47. The van der Waals surface area contributed by atoms with Gasteiger partial charge in [0.15, 0.2) is 0 Å². The van der Waals surface area contributed by atoms with Gasteiger partial charge in [-0.15, -0.1) is 0 Å². The first-order valence-electron chi connectivity index (χ1n) is 7.43. The highest BCUT2D eigenvalue weighted by molar-refractivity contribution is 4.85. The minimum Gasteiger partial charge on any atom is -0.374 e. The van der Waals surface area contributed by atoms with E-state index in [-0.39, 0.29) is 0 Å². The van der Waals surface area contributed by atoms with Gasteiger partial charge in [0.05, 0.1) is 12.2 Å². The summed E-state index contributed by atoms with van der Waals surface area (Å²) in [4.78, 5) is 2.23. The number of hydrogen-bond acceptors (Lipinski definition) is 3. The molecule has 0 aliphatic carbocycles. The normalized spacial score (nSPS) is 29.5. The van der Waals surface area contributed by atoms with Gasteiger partial charge in [-0.05, 0) is 38.8 Å². The SMILES string of the molecule is CC(C)[C@@H]1CC(NCCN(C)C)C[C@@H](C(C)C)O1. The standard InChI is InChI=1S/C15H32N2O/c1-11(2)14-9-13(16-7-8-17(5)6)10-15(18-14)12(3)4/h11-16H,7-10H2,1-6H3/t14-,15-/m0/s1. The van der Waals surface area contributed by atoms with Crippen LogP contribution in [0, 0.1) is 11.8 Å². The molecule has 1 aliphatic heterocycles. The Balaban J connectivity index is 2.45. The fraction of sp³-hybridized carbons (Fsp3) is 1.00. The van der Waals surface area contributed by atoms with Crippen LogP contribution in [0.2, 0.25) is 0 Å². The molecule has 2 atom stereocenters. The monoisotopic (exact) mass is 256 g/mol. The quantitative estimate of drug-likeness (QED) is 0.789. The first kappa shape index (κ1) is 15.9. The molecule has 1 rings (SSSR count). The van der Waals surface area contributed by atoms with Crippen LogP contribution in [-0.2, 0) is 4.74 Å². The molecule has 0 spiro atoms. The zero-order chi connectivity index (χ0) is 13.7. The van der Waals surface area contributed by atoms with E-state index in [9.17, 15) is 0 Å². The zero-order valence-corrected chi connectivity index (χ0v) is 13.1. The van der Waals surface area contributed by atoms with Crippen LogP contribution in [0.3, 0.4) is 0 Å². The third kappa shape index (κ3) is 5.25. The van der Waals surface area contributed by atoms with Gasteiger partial charge in [0.1, 0.15) is 0 Å². The van der Waals surface area contributed by atoms with Crippen LogP contribution >= 0.6 is 0 Å². The van der Waals surface area contributed by atoms with Crippen LogP contribution in [-0.4, -0.2) is 50.3 Å². The van der Waals surface area contributed by atoms with Crippen molar-refractivity contribution < 1.29 is 4.74 Å². The molecule has 18 heavy (non-hydrogen) atoms. The van der Waals surface area contributed by atoms with Crippen molar-refractivity contribution in [1.29, 1.82) is 0 Å². The van der Waals surface area contributed by atoms with E-state index in [1.165, 1.54) is 0 Å². The molecular weight excluding hydrogens is 224 g/mol. The number of nitrogens with one attached hydrogen (secondary N) is 1. The molecule has 1 heterocycles. The van der Waals surface area contributed by atoms with Crippen molar-refractivity contribution in [2.45, 2.75) is 58.8 Å². The van der Waals surface area contributed by atoms with E-state index in [1.54, 1.807) is 0 Å². The second-order valence-electron chi connectivity index (χ2n) is 6.63. The van der Waals surface area contributed by atoms with Gasteiger partial charge in [-0.2, -0.15) is 0 Å². The third-order valence-electron chi connectivity index (χ3n) is 3.86. The Hall–Kier alpha value is -0.120. The van der Waals surface area contributed by atoms with E-state index < -0.39 is 0 Å². The highest BCUT2D eigenvalue weighted by Gasteiger charge is 2.32. The van der Waals surface area contributed by atoms with Crippen LogP contribution in [0.5, 0.6) is 0 Å². The second kappa shape index (κ2) is 7.46. The van der Waals surface area contributed by atoms with Crippen LogP contribution in [0.25, 0.3) is 0 Å². The molecule has 0 aromatic rings. The molecule has 3 heteroatoms. The van der Waals surface area contributed by atoms with Crippen molar-refractivity contribution in [1.82, 2.24) is 10.2 Å². The second-order valence-corrected chi connectivity index (χ2v) is 6.63. The lowest BCUT2D eigenvalue weighted by molar-refractivity contribution is -0.0993. The summed E-state index contributed by atoms with van der Waals surface area (Å²) in [5.74, 6) is 1.23. The number of nitrogens with zero attached hydrogens (tertiary/aromatic N) is 1. The average Bonchev–Trinajstić information content (AvgIpc) is 2.28. The summed E-state index contributed by atoms with van der Waals surface area (Å²) < 4.78 is 6.22. The predicted molar refractivity (Wildman–Crippen MR) is 77.9 cm³/mol. The van der Waals surface area contributed by atoms with E-state index in [1.807, 2.05) is 0 Å². The summed E-state index contributed by atoms with van der Waals surface area (Å²) in [5.41, 5.74) is 0. The Bertz CT molecular complexity index is 213. The summed E-state index contributed by atoms with van der Waals surface area (Å²) in [5, 5.41) is 3.70. The first-order chi connectivity index (χ1) is 8.40. The van der Waals surface area contributed by atoms with E-state index in [0.717, 1.165) is 25.9 Å². The Morgan fingerprint density at radius 3 is 1.94 bits per heavy atom. The van der Waals surface area contributed by atoms with Gasteiger partial charge >= 0.3 is 0 Å². The minimum absolute atomic E-state index is 0.419. The van der Waals surface area contributed by atoms with Crippen molar-refractivity contribution in [3.8, 4) is 0 Å². The van der Waals surface area contributed by atoms with Gasteiger partial charge in [0, 0.05) is 19.1 Å². The van der Waals surface area contributed by atoms with E-state index >= 15 is 0 Å². The van der Waals surface area contributed by atoms with Crippen molar-refractivity contribution in [3.05, 3.63) is 0 Å². The van der Waals surface area contributed by atoms with Crippen LogP contribution in [0.1, 0.15) is 40.5 Å². The summed E-state index contributed by atoms with van der Waals surface area (Å²) >= 11 is 0. The van der Waals surface area contributed by atoms with Crippen LogP contribution in [0.4, 0.5) is 0 Å². The van der Waals surface area contributed by atoms with Gasteiger partial charge in [0.25, 0.3) is 0 Å². The van der Waals surface area contributed by atoms with E-state index in [0.29, 0.717) is 30.1 Å². The largest absolute Gasteiger partial charge is 0.374 e. The molecule has 0 aromatic heterocycles. The molecule has 3 nitrogen and oxygen atoms in total. The average molecular weight is 256 g/mol. The maximum Gasteiger partial charge on any atom is 0.0616 e. The molecule has 0 saturated carbocycles. The molecule has 1 aliphatic rings. The number of likely N-dealkylation sites (N-methyl/N-ethyl adjacent to an activating group) is 1. The predicted octanol–water partition coefficient (Wildman–Crippen LogP) is 2.37. The number of ether oxygens (including phenoxy) is 1. The third-order valence-corrected chi connectivity index (χ3v) is 3.86. The van der Waals surface area contributed by atoms with Gasteiger partial charge in [-0.3, -0.25) is 0 Å². The van der Waals surface area contributed by atoms with Crippen LogP contribution < -0.4 is 5.32 Å².